The summed E-state index contributed by atoms with van der Waals surface area (Å²) < 4.78 is 11.7. The van der Waals surface area contributed by atoms with E-state index in [1.807, 2.05) is 48.5 Å². The van der Waals surface area contributed by atoms with Crippen LogP contribution in [-0.2, 0) is 11.2 Å². The Labute approximate surface area is 173 Å². The zero-order valence-electron chi connectivity index (χ0n) is 16.3. The summed E-state index contributed by atoms with van der Waals surface area (Å²) in [7, 11) is 3.24. The minimum Gasteiger partial charge on any atom is -0.497 e. The normalized spacial score (nSPS) is 10.6. The van der Waals surface area contributed by atoms with E-state index in [4.69, 9.17) is 15.3 Å². The van der Waals surface area contributed by atoms with E-state index in [2.05, 4.69) is 15.5 Å². The first-order valence-corrected chi connectivity index (χ1v) is 9.96. The van der Waals surface area contributed by atoms with Crippen molar-refractivity contribution in [2.24, 2.45) is 0 Å². The maximum absolute atomic E-state index is 12.1. The van der Waals surface area contributed by atoms with Crippen molar-refractivity contribution < 1.29 is 14.3 Å². The number of amides is 1. The van der Waals surface area contributed by atoms with Gasteiger partial charge in [0.05, 0.1) is 20.0 Å². The molecule has 0 saturated heterocycles. The van der Waals surface area contributed by atoms with Gasteiger partial charge < -0.3 is 20.6 Å². The first-order chi connectivity index (χ1) is 14.1. The van der Waals surface area contributed by atoms with Crippen molar-refractivity contribution in [2.75, 3.05) is 32.4 Å². The number of hydrogen-bond acceptors (Lipinski definition) is 7. The predicted octanol–water partition coefficient (Wildman–Crippen LogP) is 2.13. The zero-order chi connectivity index (χ0) is 20.6. The number of thioether (sulfide) groups is 1. The van der Waals surface area contributed by atoms with E-state index in [1.165, 1.54) is 16.4 Å². The molecule has 1 heterocycles. The van der Waals surface area contributed by atoms with Crippen LogP contribution >= 0.6 is 11.8 Å². The van der Waals surface area contributed by atoms with Gasteiger partial charge in [0.2, 0.25) is 11.1 Å². The molecule has 0 radical (unpaired) electrons. The van der Waals surface area contributed by atoms with Crippen molar-refractivity contribution in [2.45, 2.75) is 11.6 Å². The van der Waals surface area contributed by atoms with Gasteiger partial charge in [0.25, 0.3) is 0 Å². The predicted molar refractivity (Wildman–Crippen MR) is 113 cm³/mol. The molecule has 0 atom stereocenters. The molecule has 0 saturated carbocycles. The maximum atomic E-state index is 12.1. The minimum absolute atomic E-state index is 0.0856. The van der Waals surface area contributed by atoms with E-state index >= 15 is 0 Å². The first-order valence-electron chi connectivity index (χ1n) is 8.98. The number of hydrogen-bond donors (Lipinski definition) is 2. The van der Waals surface area contributed by atoms with Crippen LogP contribution in [0.15, 0.2) is 53.7 Å². The molecule has 0 aliphatic carbocycles. The van der Waals surface area contributed by atoms with Gasteiger partial charge in [-0.25, -0.2) is 4.68 Å². The van der Waals surface area contributed by atoms with Gasteiger partial charge in [0, 0.05) is 12.1 Å². The number of methoxy groups -OCH3 is 2. The van der Waals surface area contributed by atoms with Crippen molar-refractivity contribution in [3.63, 3.8) is 0 Å². The molecule has 8 nitrogen and oxygen atoms in total. The van der Waals surface area contributed by atoms with E-state index in [-0.39, 0.29) is 11.7 Å². The number of benzene rings is 2. The molecule has 3 aromatic rings. The van der Waals surface area contributed by atoms with E-state index in [9.17, 15) is 4.79 Å². The number of nitrogens with one attached hydrogen (secondary N) is 1. The van der Waals surface area contributed by atoms with Gasteiger partial charge in [-0.3, -0.25) is 4.79 Å². The highest BCUT2D eigenvalue weighted by Gasteiger charge is 2.13. The van der Waals surface area contributed by atoms with Crippen LogP contribution in [0.4, 0.5) is 0 Å². The Morgan fingerprint density at radius 1 is 1.03 bits per heavy atom. The Bertz CT molecular complexity index is 942. The average Bonchev–Trinajstić information content (AvgIpc) is 3.13. The molecule has 0 aliphatic rings. The second kappa shape index (κ2) is 9.83. The lowest BCUT2D eigenvalue weighted by Gasteiger charge is -2.07. The van der Waals surface area contributed by atoms with Crippen molar-refractivity contribution in [1.82, 2.24) is 20.2 Å². The lowest BCUT2D eigenvalue weighted by Crippen LogP contribution is -2.27. The quantitative estimate of drug-likeness (QED) is 0.409. The highest BCUT2D eigenvalue weighted by atomic mass is 32.2. The maximum Gasteiger partial charge on any atom is 0.230 e. The SMILES string of the molecule is COc1ccc(CCNC(=O)CSc2nnc(-c3ccc(OC)cc3)n2N)cc1. The van der Waals surface area contributed by atoms with Gasteiger partial charge in [-0.05, 0) is 48.4 Å². The van der Waals surface area contributed by atoms with E-state index in [0.717, 1.165) is 29.0 Å². The van der Waals surface area contributed by atoms with E-state index in [1.54, 1.807) is 14.2 Å². The fourth-order valence-corrected chi connectivity index (χ4v) is 3.32. The number of carbonyl (C=O) groups excluding carboxylic acids is 1. The average molecular weight is 414 g/mol. The number of nitrogen functional groups attached to an aromatic ring is 1. The third kappa shape index (κ3) is 5.41. The van der Waals surface area contributed by atoms with Gasteiger partial charge in [0.15, 0.2) is 5.82 Å². The Hall–Kier alpha value is -3.20. The van der Waals surface area contributed by atoms with Crippen LogP contribution < -0.4 is 20.6 Å². The fraction of sp³-hybridized carbons (Fsp3) is 0.250. The lowest BCUT2D eigenvalue weighted by molar-refractivity contribution is -0.118. The first kappa shape index (κ1) is 20.5. The number of nitrogens with two attached hydrogens (primary N) is 1. The van der Waals surface area contributed by atoms with Gasteiger partial charge in [-0.15, -0.1) is 10.2 Å². The smallest absolute Gasteiger partial charge is 0.230 e. The third-order valence-corrected chi connectivity index (χ3v) is 5.18. The largest absolute Gasteiger partial charge is 0.497 e. The third-order valence-electron chi connectivity index (χ3n) is 4.24. The monoisotopic (exact) mass is 413 g/mol. The van der Waals surface area contributed by atoms with Crippen LogP contribution in [-0.4, -0.2) is 47.3 Å². The van der Waals surface area contributed by atoms with E-state index in [0.29, 0.717) is 17.5 Å². The summed E-state index contributed by atoms with van der Waals surface area (Å²) in [5.41, 5.74) is 1.95. The fourth-order valence-electron chi connectivity index (χ4n) is 2.63. The van der Waals surface area contributed by atoms with Crippen molar-refractivity contribution >= 4 is 17.7 Å². The molecule has 0 spiro atoms. The number of carbonyl (C=O) groups is 1. The minimum atomic E-state index is -0.0856. The molecule has 1 aromatic heterocycles. The summed E-state index contributed by atoms with van der Waals surface area (Å²) in [4.78, 5) is 12.1. The Morgan fingerprint density at radius 2 is 1.66 bits per heavy atom. The van der Waals surface area contributed by atoms with Crippen molar-refractivity contribution in [3.8, 4) is 22.9 Å². The highest BCUT2D eigenvalue weighted by molar-refractivity contribution is 7.99. The number of aromatic nitrogens is 3. The molecule has 152 valence electrons. The van der Waals surface area contributed by atoms with E-state index < -0.39 is 0 Å². The highest BCUT2D eigenvalue weighted by Crippen LogP contribution is 2.23. The molecular formula is C20H23N5O3S. The molecule has 3 rings (SSSR count). The van der Waals surface area contributed by atoms with Gasteiger partial charge >= 0.3 is 0 Å². The van der Waals surface area contributed by atoms with Crippen LogP contribution in [0.3, 0.4) is 0 Å². The van der Waals surface area contributed by atoms with Crippen molar-refractivity contribution in [1.29, 1.82) is 0 Å². The second-order valence-electron chi connectivity index (χ2n) is 6.14. The molecule has 9 heteroatoms. The summed E-state index contributed by atoms with van der Waals surface area (Å²) in [6, 6.07) is 15.1. The van der Waals surface area contributed by atoms with Crippen LogP contribution in [0.25, 0.3) is 11.4 Å². The van der Waals surface area contributed by atoms with Gasteiger partial charge in [-0.1, -0.05) is 23.9 Å². The van der Waals surface area contributed by atoms with Crippen LogP contribution in [0.5, 0.6) is 11.5 Å². The summed E-state index contributed by atoms with van der Waals surface area (Å²) in [6.07, 6.45) is 0.745. The summed E-state index contributed by atoms with van der Waals surface area (Å²) in [6.45, 7) is 0.554. The van der Waals surface area contributed by atoms with Crippen molar-refractivity contribution in [3.05, 3.63) is 54.1 Å². The Kier molecular flexibility index (Phi) is 6.96. The number of rotatable bonds is 9. The molecule has 1 amide bonds. The molecule has 0 unspecified atom stereocenters. The zero-order valence-corrected chi connectivity index (χ0v) is 17.1. The molecule has 2 aromatic carbocycles. The van der Waals surface area contributed by atoms with Crippen LogP contribution in [0.2, 0.25) is 0 Å². The number of nitrogens with zero attached hydrogens (tertiary/aromatic N) is 3. The summed E-state index contributed by atoms with van der Waals surface area (Å²) in [5.74, 6) is 8.30. The second-order valence-corrected chi connectivity index (χ2v) is 7.08. The summed E-state index contributed by atoms with van der Waals surface area (Å²) in [5, 5.41) is 11.6. The standard InChI is InChI=1S/C20H23N5O3S/c1-27-16-7-3-14(4-8-16)11-12-22-18(26)13-29-20-24-23-19(25(20)21)15-5-9-17(28-2)10-6-15/h3-10H,11-13,21H2,1-2H3,(H,22,26). The number of ether oxygens (including phenoxy) is 2. The lowest BCUT2D eigenvalue weighted by atomic mass is 10.1. The summed E-state index contributed by atoms with van der Waals surface area (Å²) >= 11 is 1.24. The molecular weight excluding hydrogens is 390 g/mol. The van der Waals surface area contributed by atoms with Crippen LogP contribution in [0, 0.1) is 0 Å². The molecule has 0 aliphatic heterocycles. The molecule has 0 bridgehead atoms. The Balaban J connectivity index is 1.47. The van der Waals surface area contributed by atoms with Gasteiger partial charge in [0.1, 0.15) is 11.5 Å². The van der Waals surface area contributed by atoms with Crippen LogP contribution in [0.1, 0.15) is 5.56 Å². The molecule has 0 fully saturated rings. The molecule has 3 N–H and O–H groups in total. The Morgan fingerprint density at radius 3 is 2.28 bits per heavy atom. The van der Waals surface area contributed by atoms with Gasteiger partial charge in [-0.2, -0.15) is 0 Å². The topological polar surface area (TPSA) is 104 Å². The molecule has 29 heavy (non-hydrogen) atoms.